The molecule has 4 nitrogen and oxygen atoms in total. The first-order valence-corrected chi connectivity index (χ1v) is 7.23. The Morgan fingerprint density at radius 1 is 1.14 bits per heavy atom. The van der Waals surface area contributed by atoms with Crippen LogP contribution in [0.1, 0.15) is 30.9 Å². The van der Waals surface area contributed by atoms with E-state index in [4.69, 9.17) is 5.26 Å². The highest BCUT2D eigenvalue weighted by Gasteiger charge is 2.06. The highest BCUT2D eigenvalue weighted by molar-refractivity contribution is 5.94. The average Bonchev–Trinajstić information content (AvgIpc) is 2.54. The van der Waals surface area contributed by atoms with Crippen LogP contribution in [0.2, 0.25) is 0 Å². The third-order valence-corrected chi connectivity index (χ3v) is 3.35. The lowest BCUT2D eigenvalue weighted by atomic mass is 10.0. The topological polar surface area (TPSA) is 64.9 Å². The van der Waals surface area contributed by atoms with Gasteiger partial charge >= 0.3 is 0 Å². The van der Waals surface area contributed by atoms with Gasteiger partial charge in [-0.2, -0.15) is 5.26 Å². The summed E-state index contributed by atoms with van der Waals surface area (Å²) in [6.07, 6.45) is 0. The molecular weight excluding hydrogens is 274 g/mol. The van der Waals surface area contributed by atoms with E-state index in [1.165, 1.54) is 5.56 Å². The van der Waals surface area contributed by atoms with Gasteiger partial charge in [0.1, 0.15) is 6.07 Å². The number of carbonyl (C=O) groups is 1. The number of carbonyl (C=O) groups excluding carboxylic acids is 1. The Labute approximate surface area is 130 Å². The smallest absolute Gasteiger partial charge is 0.243 e. The summed E-state index contributed by atoms with van der Waals surface area (Å²) in [7, 11) is 0. The summed E-state index contributed by atoms with van der Waals surface area (Å²) in [6, 6.07) is 17.0. The van der Waals surface area contributed by atoms with E-state index < -0.39 is 0 Å². The molecule has 0 bridgehead atoms. The van der Waals surface area contributed by atoms with Crippen LogP contribution in [0.25, 0.3) is 0 Å². The number of benzene rings is 2. The second-order valence-electron chi connectivity index (χ2n) is 5.34. The van der Waals surface area contributed by atoms with Crippen molar-refractivity contribution in [2.75, 3.05) is 17.2 Å². The van der Waals surface area contributed by atoms with Gasteiger partial charge in [-0.25, -0.2) is 0 Å². The zero-order chi connectivity index (χ0) is 15.9. The van der Waals surface area contributed by atoms with Crippen LogP contribution in [0.3, 0.4) is 0 Å². The highest BCUT2D eigenvalue weighted by atomic mass is 16.1. The molecule has 112 valence electrons. The van der Waals surface area contributed by atoms with Gasteiger partial charge in [0.05, 0.1) is 17.8 Å². The summed E-state index contributed by atoms with van der Waals surface area (Å²) in [5.41, 5.74) is 3.15. The van der Waals surface area contributed by atoms with Crippen molar-refractivity contribution in [3.63, 3.8) is 0 Å². The lowest BCUT2D eigenvalue weighted by Gasteiger charge is -2.10. The van der Waals surface area contributed by atoms with Gasteiger partial charge in [0.2, 0.25) is 5.91 Å². The molecule has 0 aliphatic carbocycles. The predicted molar refractivity (Wildman–Crippen MR) is 88.8 cm³/mol. The second-order valence-corrected chi connectivity index (χ2v) is 5.34. The van der Waals surface area contributed by atoms with Gasteiger partial charge in [-0.3, -0.25) is 4.79 Å². The van der Waals surface area contributed by atoms with Crippen LogP contribution in [0.15, 0.2) is 48.5 Å². The van der Waals surface area contributed by atoms with Crippen molar-refractivity contribution in [1.29, 1.82) is 5.26 Å². The van der Waals surface area contributed by atoms with Gasteiger partial charge in [-0.1, -0.05) is 38.1 Å². The summed E-state index contributed by atoms with van der Waals surface area (Å²) >= 11 is 0. The van der Waals surface area contributed by atoms with Gasteiger partial charge in [0.25, 0.3) is 0 Å². The minimum absolute atomic E-state index is 0.154. The molecule has 4 heteroatoms. The molecule has 2 aromatic carbocycles. The molecule has 0 saturated heterocycles. The zero-order valence-corrected chi connectivity index (χ0v) is 12.8. The highest BCUT2D eigenvalue weighted by Crippen LogP contribution is 2.17. The number of amides is 1. The molecule has 0 aliphatic heterocycles. The summed E-state index contributed by atoms with van der Waals surface area (Å²) < 4.78 is 0. The Hall–Kier alpha value is -2.80. The molecule has 2 rings (SSSR count). The molecule has 0 unspecified atom stereocenters. The molecule has 0 aromatic heterocycles. The largest absolute Gasteiger partial charge is 0.376 e. The van der Waals surface area contributed by atoms with Crippen molar-refractivity contribution in [1.82, 2.24) is 0 Å². The number of hydrogen-bond donors (Lipinski definition) is 2. The lowest BCUT2D eigenvalue weighted by Crippen LogP contribution is -2.22. The lowest BCUT2D eigenvalue weighted by molar-refractivity contribution is -0.114. The first-order chi connectivity index (χ1) is 10.6. The number of nitriles is 1. The third-order valence-electron chi connectivity index (χ3n) is 3.35. The Morgan fingerprint density at radius 2 is 1.82 bits per heavy atom. The molecule has 2 N–H and O–H groups in total. The van der Waals surface area contributed by atoms with Crippen LogP contribution in [0.4, 0.5) is 11.4 Å². The summed E-state index contributed by atoms with van der Waals surface area (Å²) in [5.74, 6) is 0.301. The van der Waals surface area contributed by atoms with E-state index in [0.717, 1.165) is 5.69 Å². The van der Waals surface area contributed by atoms with Crippen molar-refractivity contribution in [3.8, 4) is 6.07 Å². The van der Waals surface area contributed by atoms with Crippen LogP contribution in [-0.4, -0.2) is 12.5 Å². The SMILES string of the molecule is CC(C)c1ccc(NCC(=O)Nc2ccccc2C#N)cc1. The summed E-state index contributed by atoms with van der Waals surface area (Å²) in [4.78, 5) is 11.9. The van der Waals surface area contributed by atoms with Crippen molar-refractivity contribution < 1.29 is 4.79 Å². The average molecular weight is 293 g/mol. The van der Waals surface area contributed by atoms with E-state index >= 15 is 0 Å². The first kappa shape index (κ1) is 15.6. The number of anilines is 2. The van der Waals surface area contributed by atoms with Crippen molar-refractivity contribution >= 4 is 17.3 Å². The van der Waals surface area contributed by atoms with Gasteiger partial charge in [-0.15, -0.1) is 0 Å². The first-order valence-electron chi connectivity index (χ1n) is 7.23. The summed E-state index contributed by atoms with van der Waals surface area (Å²) in [5, 5.41) is 14.8. The maximum Gasteiger partial charge on any atom is 0.243 e. The quantitative estimate of drug-likeness (QED) is 0.882. The molecule has 2 aromatic rings. The van der Waals surface area contributed by atoms with Crippen molar-refractivity contribution in [3.05, 3.63) is 59.7 Å². The van der Waals surface area contributed by atoms with Crippen LogP contribution in [0.5, 0.6) is 0 Å². The van der Waals surface area contributed by atoms with Crippen LogP contribution in [-0.2, 0) is 4.79 Å². The predicted octanol–water partition coefficient (Wildman–Crippen LogP) is 3.73. The Bertz CT molecular complexity index is 684. The fourth-order valence-electron chi connectivity index (χ4n) is 2.05. The van der Waals surface area contributed by atoms with E-state index in [2.05, 4.69) is 42.7 Å². The second kappa shape index (κ2) is 7.28. The zero-order valence-electron chi connectivity index (χ0n) is 12.8. The monoisotopic (exact) mass is 293 g/mol. The maximum atomic E-state index is 11.9. The van der Waals surface area contributed by atoms with Crippen LogP contribution in [0, 0.1) is 11.3 Å². The Morgan fingerprint density at radius 3 is 2.45 bits per heavy atom. The Balaban J connectivity index is 1.91. The minimum atomic E-state index is -0.185. The molecule has 0 fully saturated rings. The van der Waals surface area contributed by atoms with E-state index in [-0.39, 0.29) is 12.5 Å². The standard InChI is InChI=1S/C18H19N3O/c1-13(2)14-7-9-16(10-8-14)20-12-18(22)21-17-6-4-3-5-15(17)11-19/h3-10,13,20H,12H2,1-2H3,(H,21,22). The number of nitrogens with zero attached hydrogens (tertiary/aromatic N) is 1. The molecule has 0 heterocycles. The van der Waals surface area contributed by atoms with Crippen molar-refractivity contribution in [2.24, 2.45) is 0 Å². The molecule has 0 saturated carbocycles. The Kier molecular flexibility index (Phi) is 5.16. The molecule has 1 amide bonds. The van der Waals surface area contributed by atoms with Gasteiger partial charge in [0, 0.05) is 5.69 Å². The fourth-order valence-corrected chi connectivity index (χ4v) is 2.05. The number of para-hydroxylation sites is 1. The number of nitrogens with one attached hydrogen (secondary N) is 2. The van der Waals surface area contributed by atoms with Gasteiger partial charge in [-0.05, 0) is 35.7 Å². The fraction of sp³-hybridized carbons (Fsp3) is 0.222. The maximum absolute atomic E-state index is 11.9. The molecule has 0 radical (unpaired) electrons. The van der Waals surface area contributed by atoms with E-state index in [9.17, 15) is 4.79 Å². The molecule has 0 spiro atoms. The minimum Gasteiger partial charge on any atom is -0.376 e. The number of rotatable bonds is 5. The molecular formula is C18H19N3O. The van der Waals surface area contributed by atoms with Gasteiger partial charge in [0.15, 0.2) is 0 Å². The summed E-state index contributed by atoms with van der Waals surface area (Å²) in [6.45, 7) is 4.44. The molecule has 0 aliphatic rings. The third kappa shape index (κ3) is 4.10. The molecule has 0 atom stereocenters. The molecule has 22 heavy (non-hydrogen) atoms. The van der Waals surface area contributed by atoms with E-state index in [1.807, 2.05) is 12.1 Å². The van der Waals surface area contributed by atoms with Crippen LogP contribution >= 0.6 is 0 Å². The number of hydrogen-bond acceptors (Lipinski definition) is 3. The van der Waals surface area contributed by atoms with Gasteiger partial charge < -0.3 is 10.6 Å². The van der Waals surface area contributed by atoms with E-state index in [1.54, 1.807) is 24.3 Å². The normalized spacial score (nSPS) is 10.1. The van der Waals surface area contributed by atoms with Crippen LogP contribution < -0.4 is 10.6 Å². The van der Waals surface area contributed by atoms with Crippen molar-refractivity contribution in [2.45, 2.75) is 19.8 Å². The van der Waals surface area contributed by atoms with E-state index in [0.29, 0.717) is 17.2 Å².